The number of nitrogens with zero attached hydrogens (tertiary/aromatic N) is 4. The van der Waals surface area contributed by atoms with Gasteiger partial charge >= 0.3 is 0 Å². The topological polar surface area (TPSA) is 61.4 Å². The van der Waals surface area contributed by atoms with Gasteiger partial charge < -0.3 is 15.1 Å². The van der Waals surface area contributed by atoms with E-state index in [1.165, 1.54) is 11.3 Å². The lowest BCUT2D eigenvalue weighted by atomic mass is 9.88. The Hall–Kier alpha value is -1.89. The summed E-state index contributed by atoms with van der Waals surface area (Å²) < 4.78 is 0. The second-order valence-corrected chi connectivity index (χ2v) is 11.4. The minimum Gasteiger partial charge on any atom is -0.353 e. The summed E-state index contributed by atoms with van der Waals surface area (Å²) in [6.45, 7) is 9.57. The molecule has 3 heterocycles. The van der Waals surface area contributed by atoms with Gasteiger partial charge in [-0.2, -0.15) is 0 Å². The summed E-state index contributed by atoms with van der Waals surface area (Å²) in [5.41, 5.74) is 3.43. The normalized spacial score (nSPS) is 24.9. The highest BCUT2D eigenvalue weighted by Gasteiger charge is 2.41. The molecule has 1 unspecified atom stereocenters. The van der Waals surface area contributed by atoms with E-state index in [1.54, 1.807) is 12.4 Å². The Morgan fingerprint density at radius 2 is 1.88 bits per heavy atom. The zero-order valence-corrected chi connectivity index (χ0v) is 21.7. The van der Waals surface area contributed by atoms with E-state index in [1.807, 2.05) is 17.0 Å². The monoisotopic (exact) mass is 501 g/mol. The number of hydrogen-bond acceptors (Lipinski definition) is 5. The lowest BCUT2D eigenvalue weighted by Crippen LogP contribution is -2.53. The number of anilines is 1. The zero-order valence-electron chi connectivity index (χ0n) is 20.2. The van der Waals surface area contributed by atoms with Crippen molar-refractivity contribution in [1.29, 1.82) is 0 Å². The molecule has 0 radical (unpaired) electrons. The van der Waals surface area contributed by atoms with Gasteiger partial charge in [0.05, 0.1) is 16.0 Å². The molecule has 1 aromatic carbocycles. The van der Waals surface area contributed by atoms with Gasteiger partial charge in [0.1, 0.15) is 12.1 Å². The maximum atomic E-state index is 13.9. The molecule has 3 aliphatic rings. The van der Waals surface area contributed by atoms with Crippen LogP contribution in [0.15, 0.2) is 24.5 Å². The Bertz CT molecular complexity index is 1080. The number of carbonyl (C=O) groups excluding carboxylic acids is 1. The summed E-state index contributed by atoms with van der Waals surface area (Å²) >= 11 is 12.5. The number of amides is 1. The van der Waals surface area contributed by atoms with Crippen molar-refractivity contribution >= 4 is 34.9 Å². The molecule has 34 heavy (non-hydrogen) atoms. The fraction of sp³-hybridized carbons (Fsp3) is 0.577. The van der Waals surface area contributed by atoms with Crippen LogP contribution in [0.4, 0.5) is 5.82 Å². The fourth-order valence-corrected chi connectivity index (χ4v) is 6.18. The van der Waals surface area contributed by atoms with Crippen LogP contribution in [0.25, 0.3) is 0 Å². The van der Waals surface area contributed by atoms with Crippen LogP contribution in [0.2, 0.25) is 10.0 Å². The van der Waals surface area contributed by atoms with Crippen LogP contribution in [0.3, 0.4) is 0 Å². The number of halogens is 2. The third kappa shape index (κ3) is 4.52. The molecule has 2 fully saturated rings. The van der Waals surface area contributed by atoms with Crippen molar-refractivity contribution in [1.82, 2.24) is 20.2 Å². The molecule has 5 rings (SSSR count). The standard InChI is InChI=1S/C26H33Cl2N5O/c1-16-4-7-20-22(16)24(30-15-29-20)32-10-12-33(13-11-32)25(34)23(21-8-9-26(2,3)31-21)17-5-6-18(27)19(28)14-17/h5-6,14-16,21,23,31H,4,7-13H2,1-3H3/t16-,21+,23?/m1/s1. The van der Waals surface area contributed by atoms with Gasteiger partial charge in [0, 0.05) is 49.0 Å². The van der Waals surface area contributed by atoms with Gasteiger partial charge in [0.25, 0.3) is 0 Å². The van der Waals surface area contributed by atoms with E-state index in [2.05, 4.69) is 41.0 Å². The van der Waals surface area contributed by atoms with Gasteiger partial charge in [-0.05, 0) is 63.1 Å². The predicted octanol–water partition coefficient (Wildman–Crippen LogP) is 4.80. The van der Waals surface area contributed by atoms with Gasteiger partial charge in [-0.15, -0.1) is 0 Å². The Balaban J connectivity index is 1.35. The highest BCUT2D eigenvalue weighted by atomic mass is 35.5. The van der Waals surface area contributed by atoms with Crippen molar-refractivity contribution in [3.8, 4) is 0 Å². The summed E-state index contributed by atoms with van der Waals surface area (Å²) in [7, 11) is 0. The molecular formula is C26H33Cl2N5O. The number of fused-ring (bicyclic) bond motifs is 1. The van der Waals surface area contributed by atoms with E-state index >= 15 is 0 Å². The summed E-state index contributed by atoms with van der Waals surface area (Å²) in [6, 6.07) is 5.69. The number of carbonyl (C=O) groups is 1. The number of aromatic nitrogens is 2. The maximum Gasteiger partial charge on any atom is 0.231 e. The molecule has 2 saturated heterocycles. The van der Waals surface area contributed by atoms with Crippen LogP contribution in [-0.2, 0) is 11.2 Å². The molecule has 0 bridgehead atoms. The summed E-state index contributed by atoms with van der Waals surface area (Å²) in [5, 5.41) is 4.70. The lowest BCUT2D eigenvalue weighted by Gasteiger charge is -2.39. The summed E-state index contributed by atoms with van der Waals surface area (Å²) in [5.74, 6) is 1.42. The van der Waals surface area contributed by atoms with Crippen molar-refractivity contribution in [3.05, 3.63) is 51.4 Å². The van der Waals surface area contributed by atoms with Crippen LogP contribution in [0.1, 0.15) is 68.7 Å². The molecule has 1 amide bonds. The quantitative estimate of drug-likeness (QED) is 0.651. The Morgan fingerprint density at radius 1 is 1.12 bits per heavy atom. The number of hydrogen-bond donors (Lipinski definition) is 1. The molecule has 1 aliphatic carbocycles. The highest BCUT2D eigenvalue weighted by Crippen LogP contribution is 2.38. The number of piperazine rings is 1. The van der Waals surface area contributed by atoms with Crippen molar-refractivity contribution in [2.45, 2.75) is 69.9 Å². The maximum absolute atomic E-state index is 13.9. The van der Waals surface area contributed by atoms with E-state index in [0.29, 0.717) is 29.1 Å². The summed E-state index contributed by atoms with van der Waals surface area (Å²) in [4.78, 5) is 27.4. The third-order valence-electron chi connectivity index (χ3n) is 7.77. The van der Waals surface area contributed by atoms with Crippen LogP contribution >= 0.6 is 23.2 Å². The number of rotatable bonds is 4. The smallest absolute Gasteiger partial charge is 0.231 e. The van der Waals surface area contributed by atoms with Gasteiger partial charge in [0.15, 0.2) is 0 Å². The lowest BCUT2D eigenvalue weighted by molar-refractivity contribution is -0.133. The number of benzene rings is 1. The third-order valence-corrected chi connectivity index (χ3v) is 8.51. The van der Waals surface area contributed by atoms with Crippen molar-refractivity contribution in [2.24, 2.45) is 0 Å². The van der Waals surface area contributed by atoms with Crippen molar-refractivity contribution < 1.29 is 4.79 Å². The average Bonchev–Trinajstić information content (AvgIpc) is 3.38. The summed E-state index contributed by atoms with van der Waals surface area (Å²) in [6.07, 6.45) is 5.84. The Morgan fingerprint density at radius 3 is 2.56 bits per heavy atom. The largest absolute Gasteiger partial charge is 0.353 e. The van der Waals surface area contributed by atoms with Gasteiger partial charge in [-0.1, -0.05) is 36.2 Å². The van der Waals surface area contributed by atoms with E-state index in [0.717, 1.165) is 50.2 Å². The van der Waals surface area contributed by atoms with E-state index in [-0.39, 0.29) is 23.4 Å². The van der Waals surface area contributed by atoms with Crippen LogP contribution in [-0.4, -0.2) is 58.5 Å². The molecule has 1 N–H and O–H groups in total. The van der Waals surface area contributed by atoms with Crippen LogP contribution < -0.4 is 10.2 Å². The molecular weight excluding hydrogens is 469 g/mol. The molecule has 1 aromatic heterocycles. The first-order chi connectivity index (χ1) is 16.2. The number of nitrogens with one attached hydrogen (secondary N) is 1. The Kier molecular flexibility index (Phi) is 6.51. The zero-order chi connectivity index (χ0) is 24.0. The van der Waals surface area contributed by atoms with Gasteiger partial charge in [-0.25, -0.2) is 9.97 Å². The second-order valence-electron chi connectivity index (χ2n) is 10.6. The molecule has 2 aromatic rings. The van der Waals surface area contributed by atoms with E-state index in [4.69, 9.17) is 23.2 Å². The molecule has 0 saturated carbocycles. The second kappa shape index (κ2) is 9.29. The highest BCUT2D eigenvalue weighted by molar-refractivity contribution is 6.42. The minimum atomic E-state index is -0.286. The van der Waals surface area contributed by atoms with Crippen LogP contribution in [0.5, 0.6) is 0 Å². The molecule has 2 aliphatic heterocycles. The average molecular weight is 502 g/mol. The van der Waals surface area contributed by atoms with Gasteiger partial charge in [-0.3, -0.25) is 4.79 Å². The Labute approximate surface area is 212 Å². The first kappa shape index (κ1) is 23.8. The van der Waals surface area contributed by atoms with Crippen LogP contribution in [0, 0.1) is 0 Å². The van der Waals surface area contributed by atoms with Crippen molar-refractivity contribution in [3.63, 3.8) is 0 Å². The first-order valence-corrected chi connectivity index (χ1v) is 13.1. The molecule has 8 heteroatoms. The minimum absolute atomic E-state index is 0.0161. The molecule has 0 spiro atoms. The van der Waals surface area contributed by atoms with Crippen molar-refractivity contribution in [2.75, 3.05) is 31.1 Å². The predicted molar refractivity (Wildman–Crippen MR) is 137 cm³/mol. The molecule has 3 atom stereocenters. The van der Waals surface area contributed by atoms with E-state index < -0.39 is 0 Å². The first-order valence-electron chi connectivity index (χ1n) is 12.3. The van der Waals surface area contributed by atoms with Gasteiger partial charge in [0.2, 0.25) is 5.91 Å². The molecule has 6 nitrogen and oxygen atoms in total. The SMILES string of the molecule is C[C@@H]1CCc2ncnc(N3CCN(C(=O)C(c4ccc(Cl)c(Cl)c4)[C@@H]4CCC(C)(C)N4)CC3)c21. The number of aryl methyl sites for hydroxylation is 1. The fourth-order valence-electron chi connectivity index (χ4n) is 5.88. The van der Waals surface area contributed by atoms with E-state index in [9.17, 15) is 4.79 Å². The molecule has 182 valence electrons.